The van der Waals surface area contributed by atoms with Gasteiger partial charge < -0.3 is 19.4 Å². The fourth-order valence-electron chi connectivity index (χ4n) is 2.26. The summed E-state index contributed by atoms with van der Waals surface area (Å²) in [5.41, 5.74) is 1.95. The minimum atomic E-state index is -1.25. The molecule has 1 amide bonds. The molecule has 8 heteroatoms. The van der Waals surface area contributed by atoms with Crippen LogP contribution in [0.25, 0.3) is 0 Å². The molecule has 2 aromatic heterocycles. The number of ether oxygens (including phenoxy) is 1. The average molecular weight is 391 g/mol. The average Bonchev–Trinajstić information content (AvgIpc) is 3.10. The Morgan fingerprint density at radius 2 is 2.19 bits per heavy atom. The minimum Gasteiger partial charge on any atom is -0.473 e. The SMILES string of the molecule is CN(C)Cc1ccnc(OC/C=C/CNC(=O)CS(=O)Cc2ccoc2)c1. The van der Waals surface area contributed by atoms with Gasteiger partial charge in [-0.1, -0.05) is 6.08 Å². The van der Waals surface area contributed by atoms with Gasteiger partial charge in [-0.2, -0.15) is 0 Å². The van der Waals surface area contributed by atoms with Gasteiger partial charge in [-0.3, -0.25) is 9.00 Å². The molecule has 27 heavy (non-hydrogen) atoms. The van der Waals surface area contributed by atoms with Crippen molar-refractivity contribution in [3.8, 4) is 5.88 Å². The maximum Gasteiger partial charge on any atom is 0.232 e. The van der Waals surface area contributed by atoms with Gasteiger partial charge in [-0.25, -0.2) is 4.98 Å². The van der Waals surface area contributed by atoms with Crippen LogP contribution in [0.3, 0.4) is 0 Å². The number of furan rings is 1. The molecule has 0 aliphatic heterocycles. The largest absolute Gasteiger partial charge is 0.473 e. The summed E-state index contributed by atoms with van der Waals surface area (Å²) in [5, 5.41) is 2.70. The number of aromatic nitrogens is 1. The van der Waals surface area contributed by atoms with Crippen molar-refractivity contribution in [2.45, 2.75) is 12.3 Å². The van der Waals surface area contributed by atoms with E-state index >= 15 is 0 Å². The Morgan fingerprint density at radius 1 is 1.33 bits per heavy atom. The summed E-state index contributed by atoms with van der Waals surface area (Å²) in [6.45, 7) is 1.54. The van der Waals surface area contributed by atoms with Gasteiger partial charge in [0.05, 0.1) is 18.3 Å². The maximum absolute atomic E-state index is 11.9. The van der Waals surface area contributed by atoms with Crippen molar-refractivity contribution in [2.75, 3.05) is 33.0 Å². The van der Waals surface area contributed by atoms with E-state index in [0.29, 0.717) is 24.8 Å². The molecule has 2 rings (SSSR count). The summed E-state index contributed by atoms with van der Waals surface area (Å²) in [6, 6.07) is 5.60. The molecule has 0 saturated carbocycles. The molecular weight excluding hydrogens is 366 g/mol. The lowest BCUT2D eigenvalue weighted by atomic mass is 10.2. The maximum atomic E-state index is 11.9. The summed E-state index contributed by atoms with van der Waals surface area (Å²) in [4.78, 5) is 18.0. The quantitative estimate of drug-likeness (QED) is 0.588. The summed E-state index contributed by atoms with van der Waals surface area (Å²) in [5.74, 6) is 0.601. The standard InChI is InChI=1S/C19H25N3O4S/c1-22(2)12-16-5-8-21-19(11-16)26-9-4-3-7-20-18(23)15-27(24)14-17-6-10-25-13-17/h3-6,8,10-11,13H,7,9,12,14-15H2,1-2H3,(H,20,23)/b4-3+. The van der Waals surface area contributed by atoms with Gasteiger partial charge in [0.15, 0.2) is 0 Å². The summed E-state index contributed by atoms with van der Waals surface area (Å²) in [6.07, 6.45) is 8.38. The zero-order chi connectivity index (χ0) is 19.5. The van der Waals surface area contributed by atoms with Crippen LogP contribution in [0.1, 0.15) is 11.1 Å². The first kappa shape index (κ1) is 20.9. The molecule has 146 valence electrons. The number of rotatable bonds is 11. The van der Waals surface area contributed by atoms with Crippen molar-refractivity contribution < 1.29 is 18.2 Å². The second-order valence-electron chi connectivity index (χ2n) is 6.19. The predicted octanol–water partition coefficient (Wildman–Crippen LogP) is 1.74. The number of amides is 1. The van der Waals surface area contributed by atoms with E-state index in [1.54, 1.807) is 18.3 Å². The number of hydrogen-bond acceptors (Lipinski definition) is 6. The lowest BCUT2D eigenvalue weighted by Crippen LogP contribution is -2.28. The zero-order valence-corrected chi connectivity index (χ0v) is 16.4. The Balaban J connectivity index is 1.62. The van der Waals surface area contributed by atoms with Crippen molar-refractivity contribution in [3.05, 3.63) is 60.2 Å². The zero-order valence-electron chi connectivity index (χ0n) is 15.6. The van der Waals surface area contributed by atoms with Gasteiger partial charge in [0, 0.05) is 41.7 Å². The highest BCUT2D eigenvalue weighted by molar-refractivity contribution is 7.84. The molecule has 0 aliphatic carbocycles. The first-order valence-corrected chi connectivity index (χ1v) is 10.0. The van der Waals surface area contributed by atoms with E-state index in [4.69, 9.17) is 9.15 Å². The number of carbonyl (C=O) groups is 1. The second-order valence-corrected chi connectivity index (χ2v) is 7.64. The third-order valence-corrected chi connectivity index (χ3v) is 4.65. The van der Waals surface area contributed by atoms with E-state index < -0.39 is 10.8 Å². The lowest BCUT2D eigenvalue weighted by molar-refractivity contribution is -0.118. The monoisotopic (exact) mass is 391 g/mol. The van der Waals surface area contributed by atoms with Gasteiger partial charge in [0.25, 0.3) is 0 Å². The van der Waals surface area contributed by atoms with Gasteiger partial charge in [0.1, 0.15) is 12.4 Å². The van der Waals surface area contributed by atoms with Gasteiger partial charge in [-0.15, -0.1) is 0 Å². The Labute approximate surface area is 161 Å². The molecule has 2 heterocycles. The Hall–Kier alpha value is -2.45. The minimum absolute atomic E-state index is 0.0297. The second kappa shape index (κ2) is 11.3. The number of pyridine rings is 1. The molecule has 7 nitrogen and oxygen atoms in total. The number of nitrogens with zero attached hydrogens (tertiary/aromatic N) is 2. The molecule has 0 radical (unpaired) electrons. The van der Waals surface area contributed by atoms with Gasteiger partial charge in [-0.05, 0) is 37.9 Å². The predicted molar refractivity (Wildman–Crippen MR) is 105 cm³/mol. The number of carbonyl (C=O) groups excluding carboxylic acids is 1. The Morgan fingerprint density at radius 3 is 2.93 bits per heavy atom. The Kier molecular flexibility index (Phi) is 8.73. The normalized spacial score (nSPS) is 12.4. The van der Waals surface area contributed by atoms with E-state index in [1.807, 2.05) is 32.3 Å². The van der Waals surface area contributed by atoms with Crippen LogP contribution in [-0.2, 0) is 27.9 Å². The van der Waals surface area contributed by atoms with Crippen LogP contribution in [0.5, 0.6) is 5.88 Å². The van der Waals surface area contributed by atoms with E-state index in [1.165, 1.54) is 12.5 Å². The molecule has 0 spiro atoms. The van der Waals surface area contributed by atoms with E-state index in [9.17, 15) is 9.00 Å². The number of hydrogen-bond donors (Lipinski definition) is 1. The van der Waals surface area contributed by atoms with E-state index in [2.05, 4.69) is 15.2 Å². The van der Waals surface area contributed by atoms with Crippen molar-refractivity contribution in [1.29, 1.82) is 0 Å². The Bertz CT molecular complexity index is 760. The smallest absolute Gasteiger partial charge is 0.232 e. The van der Waals surface area contributed by atoms with Crippen molar-refractivity contribution in [1.82, 2.24) is 15.2 Å². The summed E-state index contributed by atoms with van der Waals surface area (Å²) in [7, 11) is 2.76. The molecule has 0 aromatic carbocycles. The fraction of sp³-hybridized carbons (Fsp3) is 0.368. The molecule has 1 N–H and O–H groups in total. The lowest BCUT2D eigenvalue weighted by Gasteiger charge is -2.10. The van der Waals surface area contributed by atoms with Crippen LogP contribution in [0.4, 0.5) is 0 Å². The molecule has 2 aromatic rings. The van der Waals surface area contributed by atoms with E-state index in [0.717, 1.165) is 17.7 Å². The molecule has 1 unspecified atom stereocenters. The highest BCUT2D eigenvalue weighted by Gasteiger charge is 2.08. The third kappa shape index (κ3) is 8.65. The highest BCUT2D eigenvalue weighted by Crippen LogP contribution is 2.10. The molecule has 1 atom stereocenters. The molecule has 0 bridgehead atoms. The van der Waals surface area contributed by atoms with Crippen LogP contribution in [0.2, 0.25) is 0 Å². The third-order valence-electron chi connectivity index (χ3n) is 3.41. The van der Waals surface area contributed by atoms with Crippen LogP contribution >= 0.6 is 0 Å². The molecule has 0 aliphatic rings. The molecule has 0 fully saturated rings. The molecule has 0 saturated heterocycles. The first-order chi connectivity index (χ1) is 13.0. The summed E-state index contributed by atoms with van der Waals surface area (Å²) < 4.78 is 22.4. The molecular formula is C19H25N3O4S. The van der Waals surface area contributed by atoms with Gasteiger partial charge >= 0.3 is 0 Å². The topological polar surface area (TPSA) is 84.7 Å². The fourth-order valence-corrected chi connectivity index (χ4v) is 3.29. The van der Waals surface area contributed by atoms with E-state index in [-0.39, 0.29) is 11.7 Å². The summed E-state index contributed by atoms with van der Waals surface area (Å²) >= 11 is 0. The van der Waals surface area contributed by atoms with Crippen molar-refractivity contribution >= 4 is 16.7 Å². The van der Waals surface area contributed by atoms with Crippen LogP contribution < -0.4 is 10.1 Å². The van der Waals surface area contributed by atoms with Crippen LogP contribution in [0, 0.1) is 0 Å². The highest BCUT2D eigenvalue weighted by atomic mass is 32.2. The van der Waals surface area contributed by atoms with Crippen molar-refractivity contribution in [2.24, 2.45) is 0 Å². The van der Waals surface area contributed by atoms with Crippen molar-refractivity contribution in [3.63, 3.8) is 0 Å². The van der Waals surface area contributed by atoms with Gasteiger partial charge in [0.2, 0.25) is 11.8 Å². The van der Waals surface area contributed by atoms with Crippen LogP contribution in [-0.4, -0.2) is 53.0 Å². The number of nitrogens with one attached hydrogen (secondary N) is 1. The van der Waals surface area contributed by atoms with Crippen LogP contribution in [0.15, 0.2) is 53.5 Å². The first-order valence-electron chi connectivity index (χ1n) is 8.53.